The molecule has 0 radical (unpaired) electrons. The number of carbonyl (C=O) groups is 2. The minimum Gasteiger partial charge on any atom is -0.481 e. The van der Waals surface area contributed by atoms with Crippen molar-refractivity contribution >= 4 is 11.9 Å². The fourth-order valence-corrected chi connectivity index (χ4v) is 2.55. The standard InChI is InChI=1S/C12H19NO5/c1-13(10-7-18-6-9(10)12(15)16)11(14)8-3-2-4-17-5-8/h8-10H,2-7H2,1H3,(H,15,16). The molecule has 18 heavy (non-hydrogen) atoms. The summed E-state index contributed by atoms with van der Waals surface area (Å²) in [5.41, 5.74) is 0. The van der Waals surface area contributed by atoms with Gasteiger partial charge in [0.1, 0.15) is 5.92 Å². The van der Waals surface area contributed by atoms with Crippen LogP contribution < -0.4 is 0 Å². The molecule has 2 saturated heterocycles. The first-order valence-corrected chi connectivity index (χ1v) is 6.26. The van der Waals surface area contributed by atoms with Gasteiger partial charge in [-0.25, -0.2) is 0 Å². The number of hydrogen-bond acceptors (Lipinski definition) is 4. The van der Waals surface area contributed by atoms with E-state index in [2.05, 4.69) is 0 Å². The number of carbonyl (C=O) groups excluding carboxylic acids is 1. The predicted molar refractivity (Wildman–Crippen MR) is 62.0 cm³/mol. The molecule has 2 aliphatic rings. The summed E-state index contributed by atoms with van der Waals surface area (Å²) in [6.45, 7) is 1.62. The van der Waals surface area contributed by atoms with Crippen molar-refractivity contribution in [2.24, 2.45) is 11.8 Å². The average Bonchev–Trinajstić information content (AvgIpc) is 2.87. The van der Waals surface area contributed by atoms with Crippen molar-refractivity contribution in [3.8, 4) is 0 Å². The van der Waals surface area contributed by atoms with E-state index in [1.54, 1.807) is 7.05 Å². The van der Waals surface area contributed by atoms with E-state index in [9.17, 15) is 9.59 Å². The van der Waals surface area contributed by atoms with Gasteiger partial charge in [-0.05, 0) is 12.8 Å². The lowest BCUT2D eigenvalue weighted by molar-refractivity contribution is -0.146. The van der Waals surface area contributed by atoms with Crippen molar-refractivity contribution in [1.29, 1.82) is 0 Å². The molecule has 3 unspecified atom stereocenters. The molecular weight excluding hydrogens is 238 g/mol. The topological polar surface area (TPSA) is 76.1 Å². The van der Waals surface area contributed by atoms with Crippen molar-refractivity contribution in [3.05, 3.63) is 0 Å². The first kappa shape index (κ1) is 13.3. The molecular formula is C12H19NO5. The molecule has 0 spiro atoms. The normalized spacial score (nSPS) is 32.2. The number of carboxylic acid groups (broad SMARTS) is 1. The quantitative estimate of drug-likeness (QED) is 0.768. The van der Waals surface area contributed by atoms with Crippen LogP contribution in [0.4, 0.5) is 0 Å². The smallest absolute Gasteiger partial charge is 0.311 e. The number of carboxylic acids is 1. The molecule has 3 atom stereocenters. The summed E-state index contributed by atoms with van der Waals surface area (Å²) in [7, 11) is 1.66. The Balaban J connectivity index is 1.98. The number of nitrogens with zero attached hydrogens (tertiary/aromatic N) is 1. The molecule has 6 nitrogen and oxygen atoms in total. The fraction of sp³-hybridized carbons (Fsp3) is 0.833. The third-order valence-electron chi connectivity index (χ3n) is 3.72. The van der Waals surface area contributed by atoms with Crippen LogP contribution >= 0.6 is 0 Å². The molecule has 1 amide bonds. The molecule has 0 saturated carbocycles. The van der Waals surface area contributed by atoms with Crippen molar-refractivity contribution in [2.45, 2.75) is 18.9 Å². The highest BCUT2D eigenvalue weighted by molar-refractivity contribution is 5.80. The van der Waals surface area contributed by atoms with Gasteiger partial charge >= 0.3 is 5.97 Å². The largest absolute Gasteiger partial charge is 0.481 e. The molecule has 102 valence electrons. The van der Waals surface area contributed by atoms with E-state index in [0.717, 1.165) is 12.8 Å². The number of rotatable bonds is 3. The van der Waals surface area contributed by atoms with E-state index in [0.29, 0.717) is 19.8 Å². The summed E-state index contributed by atoms with van der Waals surface area (Å²) < 4.78 is 10.5. The molecule has 2 heterocycles. The second-order valence-corrected chi connectivity index (χ2v) is 4.91. The van der Waals surface area contributed by atoms with Gasteiger partial charge in [0.25, 0.3) is 0 Å². The number of amides is 1. The Kier molecular flexibility index (Phi) is 4.19. The molecule has 2 aliphatic heterocycles. The highest BCUT2D eigenvalue weighted by Gasteiger charge is 2.40. The molecule has 1 N–H and O–H groups in total. The minimum atomic E-state index is -0.906. The van der Waals surface area contributed by atoms with Crippen LogP contribution in [0.5, 0.6) is 0 Å². The van der Waals surface area contributed by atoms with Crippen LogP contribution in [-0.4, -0.2) is 61.4 Å². The van der Waals surface area contributed by atoms with Gasteiger partial charge in [-0.2, -0.15) is 0 Å². The number of aliphatic carboxylic acids is 1. The van der Waals surface area contributed by atoms with Gasteiger partial charge in [0.15, 0.2) is 0 Å². The summed E-state index contributed by atoms with van der Waals surface area (Å²) >= 11 is 0. The van der Waals surface area contributed by atoms with Crippen molar-refractivity contribution in [1.82, 2.24) is 4.90 Å². The molecule has 0 aromatic rings. The second kappa shape index (κ2) is 5.67. The van der Waals surface area contributed by atoms with Gasteiger partial charge in [0, 0.05) is 13.7 Å². The Morgan fingerprint density at radius 2 is 2.00 bits per heavy atom. The first-order valence-electron chi connectivity index (χ1n) is 6.26. The van der Waals surface area contributed by atoms with Crippen molar-refractivity contribution in [2.75, 3.05) is 33.5 Å². The Hall–Kier alpha value is -1.14. The lowest BCUT2D eigenvalue weighted by Gasteiger charge is -2.31. The highest BCUT2D eigenvalue weighted by Crippen LogP contribution is 2.23. The monoisotopic (exact) mass is 257 g/mol. The summed E-state index contributed by atoms with van der Waals surface area (Å²) in [6.07, 6.45) is 1.70. The van der Waals surface area contributed by atoms with Crippen molar-refractivity contribution in [3.63, 3.8) is 0 Å². The van der Waals surface area contributed by atoms with E-state index in [1.807, 2.05) is 0 Å². The predicted octanol–water partition coefficient (Wildman–Crippen LogP) is -0.0290. The van der Waals surface area contributed by atoms with Gasteiger partial charge in [-0.1, -0.05) is 0 Å². The second-order valence-electron chi connectivity index (χ2n) is 4.91. The molecule has 0 aliphatic carbocycles. The summed E-state index contributed by atoms with van der Waals surface area (Å²) in [6, 6.07) is -0.364. The maximum absolute atomic E-state index is 12.3. The van der Waals surface area contributed by atoms with Crippen LogP contribution in [0.25, 0.3) is 0 Å². The highest BCUT2D eigenvalue weighted by atomic mass is 16.5. The van der Waals surface area contributed by atoms with Crippen LogP contribution in [0.2, 0.25) is 0 Å². The Labute approximate surface area is 106 Å². The lowest BCUT2D eigenvalue weighted by Crippen LogP contribution is -2.47. The third kappa shape index (κ3) is 2.64. The maximum atomic E-state index is 12.3. The van der Waals surface area contributed by atoms with E-state index in [4.69, 9.17) is 14.6 Å². The van der Waals surface area contributed by atoms with Gasteiger partial charge < -0.3 is 19.5 Å². The Bertz CT molecular complexity index is 326. The van der Waals surface area contributed by atoms with Crippen LogP contribution in [0, 0.1) is 11.8 Å². The Morgan fingerprint density at radius 3 is 2.61 bits per heavy atom. The summed E-state index contributed by atoms with van der Waals surface area (Å²) in [5, 5.41) is 9.08. The minimum absolute atomic E-state index is 0.0311. The molecule has 0 aromatic carbocycles. The van der Waals surface area contributed by atoms with Gasteiger partial charge in [-0.15, -0.1) is 0 Å². The zero-order chi connectivity index (χ0) is 13.1. The molecule has 0 bridgehead atoms. The van der Waals surface area contributed by atoms with E-state index in [1.165, 1.54) is 4.90 Å². The molecule has 6 heteroatoms. The van der Waals surface area contributed by atoms with Crippen LogP contribution in [0.15, 0.2) is 0 Å². The maximum Gasteiger partial charge on any atom is 0.311 e. The average molecular weight is 257 g/mol. The van der Waals surface area contributed by atoms with E-state index >= 15 is 0 Å². The Morgan fingerprint density at radius 1 is 1.22 bits per heavy atom. The first-order chi connectivity index (χ1) is 8.61. The van der Waals surface area contributed by atoms with E-state index < -0.39 is 11.9 Å². The van der Waals surface area contributed by atoms with Crippen molar-refractivity contribution < 1.29 is 24.2 Å². The number of likely N-dealkylation sites (N-methyl/N-ethyl adjacent to an activating group) is 1. The van der Waals surface area contributed by atoms with Gasteiger partial charge in [-0.3, -0.25) is 9.59 Å². The zero-order valence-corrected chi connectivity index (χ0v) is 10.5. The molecule has 0 aromatic heterocycles. The fourth-order valence-electron chi connectivity index (χ4n) is 2.55. The summed E-state index contributed by atoms with van der Waals surface area (Å²) in [5.74, 6) is -1.70. The van der Waals surface area contributed by atoms with Gasteiger partial charge in [0.2, 0.25) is 5.91 Å². The number of ether oxygens (including phenoxy) is 2. The SMILES string of the molecule is CN(C(=O)C1CCCOC1)C1COCC1C(=O)O. The van der Waals surface area contributed by atoms with Crippen LogP contribution in [0.3, 0.4) is 0 Å². The van der Waals surface area contributed by atoms with Crippen LogP contribution in [0.1, 0.15) is 12.8 Å². The number of hydrogen-bond donors (Lipinski definition) is 1. The van der Waals surface area contributed by atoms with Gasteiger partial charge in [0.05, 0.1) is 31.8 Å². The zero-order valence-electron chi connectivity index (χ0n) is 10.5. The lowest BCUT2D eigenvalue weighted by atomic mass is 9.97. The molecule has 2 fully saturated rings. The molecule has 2 rings (SSSR count). The summed E-state index contributed by atoms with van der Waals surface area (Å²) in [4.78, 5) is 24.9. The third-order valence-corrected chi connectivity index (χ3v) is 3.72. The van der Waals surface area contributed by atoms with Crippen LogP contribution in [-0.2, 0) is 19.1 Å². The van der Waals surface area contributed by atoms with E-state index in [-0.39, 0.29) is 24.5 Å².